The fourth-order valence-electron chi connectivity index (χ4n) is 1.87. The Kier molecular flexibility index (Phi) is 2.69. The molecule has 76 valence electrons. The van der Waals surface area contributed by atoms with Crippen LogP contribution in [-0.2, 0) is 4.79 Å². The SMILES string of the molecule is CC(C)C(=O)N1CCC(C)(C)C1C. The lowest BCUT2D eigenvalue weighted by Crippen LogP contribution is -2.40. The van der Waals surface area contributed by atoms with Gasteiger partial charge >= 0.3 is 0 Å². The van der Waals surface area contributed by atoms with Gasteiger partial charge in [-0.25, -0.2) is 0 Å². The van der Waals surface area contributed by atoms with Gasteiger partial charge in [0.1, 0.15) is 0 Å². The molecule has 0 aromatic heterocycles. The quantitative estimate of drug-likeness (QED) is 0.611. The zero-order valence-electron chi connectivity index (χ0n) is 9.42. The number of nitrogens with zero attached hydrogens (tertiary/aromatic N) is 1. The van der Waals surface area contributed by atoms with Crippen LogP contribution in [-0.4, -0.2) is 23.4 Å². The van der Waals surface area contributed by atoms with Crippen molar-refractivity contribution in [2.45, 2.75) is 47.1 Å². The average Bonchev–Trinajstić information content (AvgIpc) is 2.27. The summed E-state index contributed by atoms with van der Waals surface area (Å²) < 4.78 is 0. The van der Waals surface area contributed by atoms with Gasteiger partial charge < -0.3 is 4.90 Å². The van der Waals surface area contributed by atoms with E-state index in [-0.39, 0.29) is 5.92 Å². The summed E-state index contributed by atoms with van der Waals surface area (Å²) in [6, 6.07) is 0.391. The van der Waals surface area contributed by atoms with E-state index in [2.05, 4.69) is 20.8 Å². The molecular weight excluding hydrogens is 162 g/mol. The van der Waals surface area contributed by atoms with E-state index in [1.807, 2.05) is 18.7 Å². The summed E-state index contributed by atoms with van der Waals surface area (Å²) >= 11 is 0. The Labute approximate surface area is 81.3 Å². The van der Waals surface area contributed by atoms with Crippen molar-refractivity contribution in [3.63, 3.8) is 0 Å². The minimum atomic E-state index is 0.136. The highest BCUT2D eigenvalue weighted by atomic mass is 16.2. The van der Waals surface area contributed by atoms with E-state index in [4.69, 9.17) is 0 Å². The first-order valence-electron chi connectivity index (χ1n) is 5.17. The topological polar surface area (TPSA) is 20.3 Å². The Balaban J connectivity index is 2.71. The predicted molar refractivity (Wildman–Crippen MR) is 54.4 cm³/mol. The van der Waals surface area contributed by atoms with Crippen LogP contribution in [0.1, 0.15) is 41.0 Å². The molecule has 0 bridgehead atoms. The Morgan fingerprint density at radius 3 is 2.31 bits per heavy atom. The molecule has 1 aliphatic rings. The van der Waals surface area contributed by atoms with Crippen LogP contribution in [0.2, 0.25) is 0 Å². The fourth-order valence-corrected chi connectivity index (χ4v) is 1.87. The summed E-state index contributed by atoms with van der Waals surface area (Å²) in [6.07, 6.45) is 1.13. The first-order valence-corrected chi connectivity index (χ1v) is 5.17. The van der Waals surface area contributed by atoms with Gasteiger partial charge in [0.15, 0.2) is 0 Å². The highest BCUT2D eigenvalue weighted by Crippen LogP contribution is 2.36. The molecule has 1 fully saturated rings. The van der Waals surface area contributed by atoms with Crippen molar-refractivity contribution < 1.29 is 4.79 Å². The van der Waals surface area contributed by atoms with Gasteiger partial charge in [-0.3, -0.25) is 4.79 Å². The minimum Gasteiger partial charge on any atom is -0.339 e. The molecule has 1 atom stereocenters. The van der Waals surface area contributed by atoms with Gasteiger partial charge in [0, 0.05) is 18.5 Å². The average molecular weight is 183 g/mol. The third kappa shape index (κ3) is 1.87. The molecule has 0 spiro atoms. The third-order valence-corrected chi connectivity index (χ3v) is 3.37. The van der Waals surface area contributed by atoms with Crippen LogP contribution < -0.4 is 0 Å². The number of carbonyl (C=O) groups excluding carboxylic acids is 1. The number of likely N-dealkylation sites (tertiary alicyclic amines) is 1. The van der Waals surface area contributed by atoms with Crippen LogP contribution in [0.3, 0.4) is 0 Å². The van der Waals surface area contributed by atoms with Crippen LogP contribution in [0.4, 0.5) is 0 Å². The van der Waals surface area contributed by atoms with E-state index >= 15 is 0 Å². The normalized spacial score (nSPS) is 26.9. The Bertz CT molecular complexity index is 208. The van der Waals surface area contributed by atoms with Crippen molar-refractivity contribution in [3.05, 3.63) is 0 Å². The van der Waals surface area contributed by atoms with E-state index < -0.39 is 0 Å². The van der Waals surface area contributed by atoms with E-state index in [0.29, 0.717) is 17.4 Å². The molecule has 2 heteroatoms. The first kappa shape index (κ1) is 10.6. The number of rotatable bonds is 1. The van der Waals surface area contributed by atoms with Crippen molar-refractivity contribution >= 4 is 5.91 Å². The van der Waals surface area contributed by atoms with E-state index in [9.17, 15) is 4.79 Å². The van der Waals surface area contributed by atoms with Gasteiger partial charge in [0.25, 0.3) is 0 Å². The number of hydrogen-bond donors (Lipinski definition) is 0. The van der Waals surface area contributed by atoms with Crippen LogP contribution in [0.5, 0.6) is 0 Å². The lowest BCUT2D eigenvalue weighted by atomic mass is 9.86. The molecule has 0 radical (unpaired) electrons. The zero-order valence-corrected chi connectivity index (χ0v) is 9.42. The molecule has 0 saturated carbocycles. The smallest absolute Gasteiger partial charge is 0.225 e. The predicted octanol–water partition coefficient (Wildman–Crippen LogP) is 2.29. The summed E-state index contributed by atoms with van der Waals surface area (Å²) in [5.41, 5.74) is 0.296. The van der Waals surface area contributed by atoms with Gasteiger partial charge in [0.05, 0.1) is 0 Å². The maximum Gasteiger partial charge on any atom is 0.225 e. The Hall–Kier alpha value is -0.530. The summed E-state index contributed by atoms with van der Waals surface area (Å²) in [4.78, 5) is 13.8. The van der Waals surface area contributed by atoms with Crippen LogP contribution >= 0.6 is 0 Å². The zero-order chi connectivity index (χ0) is 10.2. The van der Waals surface area contributed by atoms with Gasteiger partial charge in [-0.1, -0.05) is 27.7 Å². The van der Waals surface area contributed by atoms with Crippen LogP contribution in [0.25, 0.3) is 0 Å². The van der Waals surface area contributed by atoms with E-state index in [1.54, 1.807) is 0 Å². The molecule has 2 nitrogen and oxygen atoms in total. The highest BCUT2D eigenvalue weighted by molar-refractivity contribution is 5.78. The molecular formula is C11H21NO. The van der Waals surface area contributed by atoms with Crippen molar-refractivity contribution in [1.82, 2.24) is 4.90 Å². The molecule has 13 heavy (non-hydrogen) atoms. The largest absolute Gasteiger partial charge is 0.339 e. The van der Waals surface area contributed by atoms with Gasteiger partial charge in [-0.2, -0.15) is 0 Å². The van der Waals surface area contributed by atoms with Crippen molar-refractivity contribution in [2.24, 2.45) is 11.3 Å². The third-order valence-electron chi connectivity index (χ3n) is 3.37. The molecule has 1 rings (SSSR count). The fraction of sp³-hybridized carbons (Fsp3) is 0.909. The molecule has 0 aliphatic carbocycles. The minimum absolute atomic E-state index is 0.136. The summed E-state index contributed by atoms with van der Waals surface area (Å²) in [7, 11) is 0. The second-order valence-corrected chi connectivity index (χ2v) is 5.10. The Morgan fingerprint density at radius 2 is 2.00 bits per heavy atom. The second kappa shape index (κ2) is 3.32. The lowest BCUT2D eigenvalue weighted by Gasteiger charge is -2.30. The molecule has 1 saturated heterocycles. The van der Waals surface area contributed by atoms with Gasteiger partial charge in [-0.15, -0.1) is 0 Å². The Morgan fingerprint density at radius 1 is 1.46 bits per heavy atom. The van der Waals surface area contributed by atoms with E-state index in [0.717, 1.165) is 13.0 Å². The second-order valence-electron chi connectivity index (χ2n) is 5.10. The summed E-state index contributed by atoms with van der Waals surface area (Å²) in [5, 5.41) is 0. The lowest BCUT2D eigenvalue weighted by molar-refractivity contribution is -0.135. The van der Waals surface area contributed by atoms with Crippen LogP contribution in [0, 0.1) is 11.3 Å². The summed E-state index contributed by atoms with van der Waals surface area (Å²) in [6.45, 7) is 11.5. The van der Waals surface area contributed by atoms with E-state index in [1.165, 1.54) is 0 Å². The number of carbonyl (C=O) groups is 1. The molecule has 0 aromatic carbocycles. The molecule has 0 N–H and O–H groups in total. The molecule has 1 amide bonds. The van der Waals surface area contributed by atoms with Gasteiger partial charge in [0.2, 0.25) is 5.91 Å². The van der Waals surface area contributed by atoms with Crippen molar-refractivity contribution in [1.29, 1.82) is 0 Å². The highest BCUT2D eigenvalue weighted by Gasteiger charge is 2.39. The first-order chi connectivity index (χ1) is 5.86. The molecule has 1 unspecified atom stereocenters. The maximum atomic E-state index is 11.8. The maximum absolute atomic E-state index is 11.8. The monoisotopic (exact) mass is 183 g/mol. The van der Waals surface area contributed by atoms with Gasteiger partial charge in [-0.05, 0) is 18.8 Å². The number of amides is 1. The molecule has 1 heterocycles. The van der Waals surface area contributed by atoms with Crippen LogP contribution in [0.15, 0.2) is 0 Å². The standard InChI is InChI=1S/C11H21NO/c1-8(2)10(13)12-7-6-11(4,5)9(12)3/h8-9H,6-7H2,1-5H3. The van der Waals surface area contributed by atoms with Crippen molar-refractivity contribution in [3.8, 4) is 0 Å². The molecule has 1 aliphatic heterocycles. The number of hydrogen-bond acceptors (Lipinski definition) is 1. The summed E-state index contributed by atoms with van der Waals surface area (Å²) in [5.74, 6) is 0.439. The molecule has 0 aromatic rings. The van der Waals surface area contributed by atoms with Crippen molar-refractivity contribution in [2.75, 3.05) is 6.54 Å².